The van der Waals surface area contributed by atoms with Gasteiger partial charge in [-0.2, -0.15) is 0 Å². The predicted octanol–water partition coefficient (Wildman–Crippen LogP) is 2.88. The molecule has 3 rings (SSSR count). The lowest BCUT2D eigenvalue weighted by atomic mass is 10.0. The van der Waals surface area contributed by atoms with Crippen LogP contribution < -0.4 is 5.32 Å². The van der Waals surface area contributed by atoms with E-state index >= 15 is 0 Å². The molecule has 18 heavy (non-hydrogen) atoms. The van der Waals surface area contributed by atoms with Crippen molar-refractivity contribution in [2.45, 2.75) is 18.9 Å². The highest BCUT2D eigenvalue weighted by Crippen LogP contribution is 2.26. The van der Waals surface area contributed by atoms with E-state index in [4.69, 9.17) is 0 Å². The number of hydrogen-bond donors (Lipinski definition) is 1. The highest BCUT2D eigenvalue weighted by molar-refractivity contribution is 9.10. The summed E-state index contributed by atoms with van der Waals surface area (Å²) in [6.07, 6.45) is 3.98. The van der Waals surface area contributed by atoms with Crippen LogP contribution in [0.3, 0.4) is 0 Å². The molecule has 1 fully saturated rings. The van der Waals surface area contributed by atoms with Crippen LogP contribution >= 0.6 is 15.9 Å². The molecular formula is C14H15BrN2O. The second-order valence-corrected chi connectivity index (χ2v) is 5.74. The summed E-state index contributed by atoms with van der Waals surface area (Å²) in [5, 5.41) is 4.31. The van der Waals surface area contributed by atoms with Gasteiger partial charge in [0.15, 0.2) is 5.78 Å². The highest BCUT2D eigenvalue weighted by Gasteiger charge is 2.25. The van der Waals surface area contributed by atoms with Gasteiger partial charge in [-0.15, -0.1) is 0 Å². The van der Waals surface area contributed by atoms with Gasteiger partial charge in [-0.3, -0.25) is 4.79 Å². The molecule has 0 saturated carbocycles. The Morgan fingerprint density at radius 2 is 2.33 bits per heavy atom. The van der Waals surface area contributed by atoms with E-state index < -0.39 is 0 Å². The molecule has 0 radical (unpaired) electrons. The number of rotatable bonds is 2. The van der Waals surface area contributed by atoms with Crippen molar-refractivity contribution in [2.24, 2.45) is 7.05 Å². The number of Topliss-reactive ketones (excluding diaryl/α,β-unsaturated/α-hetero) is 1. The number of aryl methyl sites for hydroxylation is 1. The maximum absolute atomic E-state index is 12.5. The largest absolute Gasteiger partial charge is 0.350 e. The van der Waals surface area contributed by atoms with Crippen molar-refractivity contribution in [2.75, 3.05) is 6.54 Å². The quantitative estimate of drug-likeness (QED) is 0.866. The second-order valence-electron chi connectivity index (χ2n) is 4.83. The fourth-order valence-corrected chi connectivity index (χ4v) is 3.02. The van der Waals surface area contributed by atoms with E-state index in [0.717, 1.165) is 40.3 Å². The van der Waals surface area contributed by atoms with Gasteiger partial charge in [0.25, 0.3) is 0 Å². The molecule has 0 aliphatic carbocycles. The predicted molar refractivity (Wildman–Crippen MR) is 76.0 cm³/mol. The van der Waals surface area contributed by atoms with Gasteiger partial charge in [-0.1, -0.05) is 15.9 Å². The number of nitrogens with zero attached hydrogens (tertiary/aromatic N) is 1. The lowest BCUT2D eigenvalue weighted by Crippen LogP contribution is -2.30. The van der Waals surface area contributed by atoms with Crippen molar-refractivity contribution >= 4 is 32.6 Å². The molecule has 1 saturated heterocycles. The molecule has 1 atom stereocenters. The Morgan fingerprint density at radius 1 is 1.50 bits per heavy atom. The van der Waals surface area contributed by atoms with Crippen LogP contribution in [0.4, 0.5) is 0 Å². The molecule has 1 N–H and O–H groups in total. The van der Waals surface area contributed by atoms with Crippen LogP contribution in [0.25, 0.3) is 10.9 Å². The molecule has 2 aromatic rings. The molecule has 1 aromatic carbocycles. The van der Waals surface area contributed by atoms with Crippen molar-refractivity contribution in [3.8, 4) is 0 Å². The van der Waals surface area contributed by atoms with Crippen LogP contribution in [0.2, 0.25) is 0 Å². The van der Waals surface area contributed by atoms with Crippen LogP contribution in [0.5, 0.6) is 0 Å². The number of benzene rings is 1. The maximum atomic E-state index is 12.5. The minimum absolute atomic E-state index is 0.00502. The number of halogens is 1. The van der Waals surface area contributed by atoms with Crippen molar-refractivity contribution in [3.63, 3.8) is 0 Å². The summed E-state index contributed by atoms with van der Waals surface area (Å²) in [6.45, 7) is 0.949. The van der Waals surface area contributed by atoms with Crippen LogP contribution in [0.1, 0.15) is 23.2 Å². The fraction of sp³-hybridized carbons (Fsp3) is 0.357. The fourth-order valence-electron chi connectivity index (χ4n) is 2.66. The molecule has 1 aliphatic heterocycles. The van der Waals surface area contributed by atoms with Crippen LogP contribution in [-0.4, -0.2) is 22.9 Å². The molecule has 1 unspecified atom stereocenters. The zero-order chi connectivity index (χ0) is 12.7. The van der Waals surface area contributed by atoms with E-state index in [9.17, 15) is 4.79 Å². The summed E-state index contributed by atoms with van der Waals surface area (Å²) in [5.41, 5.74) is 1.92. The first-order chi connectivity index (χ1) is 8.66. The topological polar surface area (TPSA) is 34.0 Å². The zero-order valence-corrected chi connectivity index (χ0v) is 11.8. The number of nitrogens with one attached hydrogen (secondary N) is 1. The van der Waals surface area contributed by atoms with Crippen molar-refractivity contribution < 1.29 is 4.79 Å². The Kier molecular flexibility index (Phi) is 2.99. The van der Waals surface area contributed by atoms with Crippen molar-refractivity contribution in [3.05, 3.63) is 34.4 Å². The number of hydrogen-bond acceptors (Lipinski definition) is 2. The third kappa shape index (κ3) is 1.89. The minimum Gasteiger partial charge on any atom is -0.350 e. The molecule has 3 nitrogen and oxygen atoms in total. The van der Waals surface area contributed by atoms with Gasteiger partial charge >= 0.3 is 0 Å². The molecule has 1 aliphatic rings. The molecule has 0 spiro atoms. The van der Waals surface area contributed by atoms with Crippen molar-refractivity contribution in [1.29, 1.82) is 0 Å². The molecular weight excluding hydrogens is 292 g/mol. The van der Waals surface area contributed by atoms with Gasteiger partial charge < -0.3 is 9.88 Å². The number of carbonyl (C=O) groups is 1. The third-order valence-electron chi connectivity index (χ3n) is 3.59. The summed E-state index contributed by atoms with van der Waals surface area (Å²) in [7, 11) is 1.98. The minimum atomic E-state index is -0.00502. The second kappa shape index (κ2) is 4.52. The SMILES string of the molecule is Cn1cc(C(=O)C2CCCN2)c2cc(Br)ccc21. The average Bonchev–Trinajstić information content (AvgIpc) is 2.97. The number of aromatic nitrogens is 1. The normalized spacial score (nSPS) is 19.6. The average molecular weight is 307 g/mol. The first-order valence-corrected chi connectivity index (χ1v) is 6.98. The van der Waals surface area contributed by atoms with Gasteiger partial charge in [0.2, 0.25) is 0 Å². The Bertz CT molecular complexity index is 612. The Labute approximate surface area is 114 Å². The van der Waals surface area contributed by atoms with E-state index in [2.05, 4.69) is 21.2 Å². The lowest BCUT2D eigenvalue weighted by Gasteiger charge is -2.07. The monoisotopic (exact) mass is 306 g/mol. The van der Waals surface area contributed by atoms with Crippen molar-refractivity contribution in [1.82, 2.24) is 9.88 Å². The summed E-state index contributed by atoms with van der Waals surface area (Å²) in [6, 6.07) is 6.06. The van der Waals surface area contributed by atoms with Crippen LogP contribution in [-0.2, 0) is 7.05 Å². The number of carbonyl (C=O) groups excluding carboxylic acids is 1. The zero-order valence-electron chi connectivity index (χ0n) is 10.2. The standard InChI is InChI=1S/C14H15BrN2O/c1-17-8-11(14(18)12-3-2-6-16-12)10-7-9(15)4-5-13(10)17/h4-5,7-8,12,16H,2-3,6H2,1H3. The Hall–Kier alpha value is -1.13. The molecule has 0 amide bonds. The number of ketones is 1. The van der Waals surface area contributed by atoms with Gasteiger partial charge in [-0.25, -0.2) is 0 Å². The first-order valence-electron chi connectivity index (χ1n) is 6.19. The Balaban J connectivity index is 2.10. The van der Waals surface area contributed by atoms with Crippen LogP contribution in [0.15, 0.2) is 28.9 Å². The van der Waals surface area contributed by atoms with Gasteiger partial charge in [0, 0.05) is 34.2 Å². The summed E-state index contributed by atoms with van der Waals surface area (Å²) >= 11 is 3.47. The summed E-state index contributed by atoms with van der Waals surface area (Å²) in [4.78, 5) is 12.5. The molecule has 1 aromatic heterocycles. The summed E-state index contributed by atoms with van der Waals surface area (Å²) in [5.74, 6) is 0.219. The van der Waals surface area contributed by atoms with E-state index in [1.807, 2.05) is 36.0 Å². The van der Waals surface area contributed by atoms with E-state index in [1.165, 1.54) is 0 Å². The van der Waals surface area contributed by atoms with Gasteiger partial charge in [0.05, 0.1) is 6.04 Å². The first kappa shape index (κ1) is 11.9. The van der Waals surface area contributed by atoms with Crippen LogP contribution in [0, 0.1) is 0 Å². The third-order valence-corrected chi connectivity index (χ3v) is 4.09. The van der Waals surface area contributed by atoms with Gasteiger partial charge in [-0.05, 0) is 37.6 Å². The van der Waals surface area contributed by atoms with E-state index in [-0.39, 0.29) is 11.8 Å². The summed E-state index contributed by atoms with van der Waals surface area (Å²) < 4.78 is 3.03. The molecule has 0 bridgehead atoms. The molecule has 4 heteroatoms. The molecule has 94 valence electrons. The maximum Gasteiger partial charge on any atom is 0.181 e. The van der Waals surface area contributed by atoms with E-state index in [1.54, 1.807) is 0 Å². The van der Waals surface area contributed by atoms with Gasteiger partial charge in [0.1, 0.15) is 0 Å². The highest BCUT2D eigenvalue weighted by atomic mass is 79.9. The smallest absolute Gasteiger partial charge is 0.181 e. The Morgan fingerprint density at radius 3 is 3.06 bits per heavy atom. The molecule has 2 heterocycles. The van der Waals surface area contributed by atoms with E-state index in [0.29, 0.717) is 0 Å². The lowest BCUT2D eigenvalue weighted by molar-refractivity contribution is 0.0954. The number of fused-ring (bicyclic) bond motifs is 1.